The van der Waals surface area contributed by atoms with E-state index < -0.39 is 0 Å². The molecule has 3 heteroatoms. The Morgan fingerprint density at radius 2 is 0.719 bits per heavy atom. The molecule has 0 atom stereocenters. The Labute approximate surface area is 373 Å². The van der Waals surface area contributed by atoms with Crippen LogP contribution in [0.1, 0.15) is 22.3 Å². The zero-order valence-electron chi connectivity index (χ0n) is 35.1. The van der Waals surface area contributed by atoms with Crippen LogP contribution in [0.3, 0.4) is 0 Å². The molecule has 0 aliphatic heterocycles. The summed E-state index contributed by atoms with van der Waals surface area (Å²) in [6, 6.07) is 80.5. The van der Waals surface area contributed by atoms with Crippen molar-refractivity contribution in [1.82, 2.24) is 15.0 Å². The molecule has 0 bridgehead atoms. The molecule has 0 unspecified atom stereocenters. The molecule has 0 spiro atoms. The number of fused-ring (bicyclic) bond motifs is 9. The van der Waals surface area contributed by atoms with Gasteiger partial charge in [0.05, 0.1) is 22.6 Å². The molecular weight excluding hydrogens is 775 g/mol. The van der Waals surface area contributed by atoms with Gasteiger partial charge in [-0.3, -0.25) is 0 Å². The van der Waals surface area contributed by atoms with Gasteiger partial charge in [0.15, 0.2) is 5.82 Å². The standard InChI is InChI=1S/C61H41N3/c1-3-15-40(16-4-1)41-27-29-43(30-28-41)59-39-58(42-17-5-2-6-18-42)63-61(64-59)45-33-31-44(32-34-45)60-56-38-54-49(37-55(56)53-25-13-14-26-57(53)62-60)36-48-21-8-11-23-51(48)50-22-10-7-19-46(50)35-47-20-9-12-24-52(47)54/h1-34,37-39H,35-36H2. The number of hydrogen-bond donors (Lipinski definition) is 0. The first-order chi connectivity index (χ1) is 31.7. The molecule has 11 aromatic rings. The Kier molecular flexibility index (Phi) is 9.31. The van der Waals surface area contributed by atoms with Crippen LogP contribution in [0.2, 0.25) is 0 Å². The van der Waals surface area contributed by atoms with Gasteiger partial charge in [0, 0.05) is 33.0 Å². The van der Waals surface area contributed by atoms with E-state index in [1.807, 2.05) is 12.1 Å². The zero-order valence-corrected chi connectivity index (χ0v) is 35.1. The summed E-state index contributed by atoms with van der Waals surface area (Å²) in [5.74, 6) is 0.679. The largest absolute Gasteiger partial charge is 0.247 e. The SMILES string of the molecule is c1ccc(-c2ccc(-c3cc(-c4ccccc4)nc(-c4ccc(-c5nc6ccccc6c6cc7c(cc56)-c5ccccc5Cc5ccccc5-c5ccccc5C7)cc4)n3)cc2)cc1. The quantitative estimate of drug-likeness (QED) is 0.162. The van der Waals surface area contributed by atoms with Crippen LogP contribution in [0.15, 0.2) is 224 Å². The molecule has 0 amide bonds. The van der Waals surface area contributed by atoms with Gasteiger partial charge < -0.3 is 0 Å². The van der Waals surface area contributed by atoms with E-state index in [2.05, 4.69) is 212 Å². The molecule has 300 valence electrons. The first-order valence-electron chi connectivity index (χ1n) is 22.0. The number of hydrogen-bond acceptors (Lipinski definition) is 3. The van der Waals surface area contributed by atoms with Gasteiger partial charge in [-0.25, -0.2) is 15.0 Å². The fourth-order valence-electron chi connectivity index (χ4n) is 9.60. The molecule has 2 aromatic heterocycles. The second-order valence-corrected chi connectivity index (χ2v) is 16.7. The second kappa shape index (κ2) is 15.9. The summed E-state index contributed by atoms with van der Waals surface area (Å²) in [5.41, 5.74) is 20.6. The summed E-state index contributed by atoms with van der Waals surface area (Å²) in [5, 5.41) is 3.49. The van der Waals surface area contributed by atoms with Gasteiger partial charge >= 0.3 is 0 Å². The maximum absolute atomic E-state index is 5.43. The van der Waals surface area contributed by atoms with E-state index in [-0.39, 0.29) is 0 Å². The fourth-order valence-corrected chi connectivity index (χ4v) is 9.60. The lowest BCUT2D eigenvalue weighted by atomic mass is 9.82. The molecule has 1 aliphatic rings. The maximum Gasteiger partial charge on any atom is 0.160 e. The zero-order chi connectivity index (χ0) is 42.4. The van der Waals surface area contributed by atoms with Crippen molar-refractivity contribution in [3.63, 3.8) is 0 Å². The van der Waals surface area contributed by atoms with E-state index >= 15 is 0 Å². The minimum Gasteiger partial charge on any atom is -0.247 e. The van der Waals surface area contributed by atoms with Gasteiger partial charge in [-0.1, -0.05) is 200 Å². The second-order valence-electron chi connectivity index (χ2n) is 16.7. The van der Waals surface area contributed by atoms with Crippen molar-refractivity contribution in [2.45, 2.75) is 12.8 Å². The van der Waals surface area contributed by atoms with E-state index in [0.717, 1.165) is 68.5 Å². The van der Waals surface area contributed by atoms with Crippen molar-refractivity contribution in [2.24, 2.45) is 0 Å². The summed E-state index contributed by atoms with van der Waals surface area (Å²) < 4.78 is 0. The van der Waals surface area contributed by atoms with Gasteiger partial charge in [-0.05, 0) is 98.1 Å². The van der Waals surface area contributed by atoms with E-state index in [9.17, 15) is 0 Å². The number of benzene rings is 9. The molecular formula is C61H41N3. The van der Waals surface area contributed by atoms with Crippen LogP contribution < -0.4 is 0 Å². The van der Waals surface area contributed by atoms with E-state index in [4.69, 9.17) is 15.0 Å². The van der Waals surface area contributed by atoms with Crippen molar-refractivity contribution in [1.29, 1.82) is 0 Å². The van der Waals surface area contributed by atoms with Crippen LogP contribution in [0.5, 0.6) is 0 Å². The Balaban J connectivity index is 1.000. The highest BCUT2D eigenvalue weighted by Gasteiger charge is 2.21. The maximum atomic E-state index is 5.43. The summed E-state index contributed by atoms with van der Waals surface area (Å²) in [6.45, 7) is 0. The normalized spacial score (nSPS) is 11.9. The van der Waals surface area contributed by atoms with Crippen molar-refractivity contribution in [3.8, 4) is 78.5 Å². The lowest BCUT2D eigenvalue weighted by Crippen LogP contribution is -2.03. The van der Waals surface area contributed by atoms with E-state index in [0.29, 0.717) is 5.82 Å². The Bertz CT molecular complexity index is 3520. The van der Waals surface area contributed by atoms with Gasteiger partial charge in [0.1, 0.15) is 0 Å². The number of para-hydroxylation sites is 1. The number of pyridine rings is 1. The summed E-state index contributed by atoms with van der Waals surface area (Å²) in [6.07, 6.45) is 1.66. The average molecular weight is 816 g/mol. The predicted octanol–water partition coefficient (Wildman–Crippen LogP) is 15.3. The van der Waals surface area contributed by atoms with Gasteiger partial charge in [0.2, 0.25) is 0 Å². The highest BCUT2D eigenvalue weighted by Crippen LogP contribution is 2.42. The van der Waals surface area contributed by atoms with Crippen molar-refractivity contribution < 1.29 is 0 Å². The molecule has 0 saturated heterocycles. The number of aromatic nitrogens is 3. The first-order valence-corrected chi connectivity index (χ1v) is 22.0. The lowest BCUT2D eigenvalue weighted by molar-refractivity contribution is 1.15. The smallest absolute Gasteiger partial charge is 0.160 e. The number of rotatable bonds is 5. The summed E-state index contributed by atoms with van der Waals surface area (Å²) in [4.78, 5) is 15.8. The Morgan fingerprint density at radius 1 is 0.266 bits per heavy atom. The van der Waals surface area contributed by atoms with E-state index in [1.54, 1.807) is 0 Å². The van der Waals surface area contributed by atoms with Gasteiger partial charge in [0.25, 0.3) is 0 Å². The summed E-state index contributed by atoms with van der Waals surface area (Å²) in [7, 11) is 0. The van der Waals surface area contributed by atoms with Gasteiger partial charge in [-0.15, -0.1) is 0 Å². The van der Waals surface area contributed by atoms with E-state index in [1.165, 1.54) is 61.0 Å². The molecule has 0 fully saturated rings. The van der Waals surface area contributed by atoms with Crippen LogP contribution in [-0.4, -0.2) is 15.0 Å². The van der Waals surface area contributed by atoms with Gasteiger partial charge in [-0.2, -0.15) is 0 Å². The molecule has 0 radical (unpaired) electrons. The molecule has 12 rings (SSSR count). The molecule has 64 heavy (non-hydrogen) atoms. The summed E-state index contributed by atoms with van der Waals surface area (Å²) >= 11 is 0. The van der Waals surface area contributed by atoms with Crippen LogP contribution in [-0.2, 0) is 12.8 Å². The first kappa shape index (κ1) is 37.5. The fraction of sp³-hybridized carbons (Fsp3) is 0.0328. The molecule has 0 N–H and O–H groups in total. The van der Waals surface area contributed by atoms with Crippen LogP contribution >= 0.6 is 0 Å². The van der Waals surface area contributed by atoms with Crippen LogP contribution in [0.4, 0.5) is 0 Å². The van der Waals surface area contributed by atoms with Crippen LogP contribution in [0, 0.1) is 0 Å². The van der Waals surface area contributed by atoms with Crippen molar-refractivity contribution >= 4 is 21.7 Å². The molecule has 9 aromatic carbocycles. The molecule has 3 nitrogen and oxygen atoms in total. The van der Waals surface area contributed by atoms with Crippen molar-refractivity contribution in [2.75, 3.05) is 0 Å². The third kappa shape index (κ3) is 6.85. The number of nitrogens with zero attached hydrogens (tertiary/aromatic N) is 3. The minimum atomic E-state index is 0.679. The molecule has 2 heterocycles. The monoisotopic (exact) mass is 815 g/mol. The Morgan fingerprint density at radius 3 is 1.36 bits per heavy atom. The minimum absolute atomic E-state index is 0.679. The van der Waals surface area contributed by atoms with Crippen molar-refractivity contribution in [3.05, 3.63) is 247 Å². The Hall–Kier alpha value is -8.27. The van der Waals surface area contributed by atoms with Crippen LogP contribution in [0.25, 0.3) is 100 Å². The third-order valence-corrected chi connectivity index (χ3v) is 12.8. The molecule has 0 saturated carbocycles. The highest BCUT2D eigenvalue weighted by atomic mass is 14.9. The average Bonchev–Trinajstić information content (AvgIpc) is 3.37. The predicted molar refractivity (Wildman–Crippen MR) is 265 cm³/mol. The third-order valence-electron chi connectivity index (χ3n) is 12.8. The topological polar surface area (TPSA) is 38.7 Å². The lowest BCUT2D eigenvalue weighted by Gasteiger charge is -2.22. The highest BCUT2D eigenvalue weighted by molar-refractivity contribution is 6.12. The molecule has 1 aliphatic carbocycles.